The summed E-state index contributed by atoms with van der Waals surface area (Å²) in [7, 11) is 0. The molecule has 2 rings (SSSR count). The zero-order chi connectivity index (χ0) is 15.2. The molecule has 1 saturated carbocycles. The number of carbonyl (C=O) groups is 2. The van der Waals surface area contributed by atoms with Gasteiger partial charge in [-0.1, -0.05) is 48.2 Å². The third-order valence-electron chi connectivity index (χ3n) is 3.25. The van der Waals surface area contributed by atoms with E-state index in [-0.39, 0.29) is 6.04 Å². The SMILES string of the molecule is O=C(N/N=C\c1cccc(Cl)c1Cl)C(=O)NC1CCCC1. The fourth-order valence-corrected chi connectivity index (χ4v) is 2.51. The number of benzene rings is 1. The second kappa shape index (κ2) is 7.43. The van der Waals surface area contributed by atoms with Gasteiger partial charge in [-0.25, -0.2) is 5.43 Å². The molecule has 1 aromatic rings. The monoisotopic (exact) mass is 327 g/mol. The number of nitrogens with zero attached hydrogens (tertiary/aromatic N) is 1. The minimum absolute atomic E-state index is 0.0922. The van der Waals surface area contributed by atoms with E-state index in [4.69, 9.17) is 23.2 Å². The van der Waals surface area contributed by atoms with Crippen LogP contribution < -0.4 is 10.7 Å². The first-order valence-corrected chi connectivity index (χ1v) is 7.41. The van der Waals surface area contributed by atoms with Gasteiger partial charge in [0.05, 0.1) is 16.3 Å². The Kier molecular flexibility index (Phi) is 5.59. The molecule has 0 spiro atoms. The summed E-state index contributed by atoms with van der Waals surface area (Å²) < 4.78 is 0. The van der Waals surface area contributed by atoms with E-state index in [0.29, 0.717) is 15.6 Å². The van der Waals surface area contributed by atoms with E-state index in [0.717, 1.165) is 25.7 Å². The van der Waals surface area contributed by atoms with Crippen molar-refractivity contribution < 1.29 is 9.59 Å². The minimum atomic E-state index is -0.795. The number of rotatable bonds is 3. The molecule has 21 heavy (non-hydrogen) atoms. The van der Waals surface area contributed by atoms with Crippen molar-refractivity contribution in [3.05, 3.63) is 33.8 Å². The van der Waals surface area contributed by atoms with Gasteiger partial charge in [0.2, 0.25) is 0 Å². The van der Waals surface area contributed by atoms with Crippen molar-refractivity contribution in [1.29, 1.82) is 0 Å². The maximum Gasteiger partial charge on any atom is 0.329 e. The van der Waals surface area contributed by atoms with Crippen molar-refractivity contribution in [2.75, 3.05) is 0 Å². The lowest BCUT2D eigenvalue weighted by Crippen LogP contribution is -2.42. The highest BCUT2D eigenvalue weighted by molar-refractivity contribution is 6.43. The highest BCUT2D eigenvalue weighted by Gasteiger charge is 2.20. The van der Waals surface area contributed by atoms with E-state index in [2.05, 4.69) is 15.8 Å². The molecule has 0 heterocycles. The summed E-state index contributed by atoms with van der Waals surface area (Å²) in [6.45, 7) is 0. The fraction of sp³-hybridized carbons (Fsp3) is 0.357. The molecule has 0 saturated heterocycles. The summed E-state index contributed by atoms with van der Waals surface area (Å²) in [5.74, 6) is -1.47. The van der Waals surface area contributed by atoms with E-state index < -0.39 is 11.8 Å². The molecule has 0 radical (unpaired) electrons. The van der Waals surface area contributed by atoms with Gasteiger partial charge in [-0.3, -0.25) is 9.59 Å². The molecule has 112 valence electrons. The topological polar surface area (TPSA) is 70.6 Å². The first-order valence-electron chi connectivity index (χ1n) is 6.66. The van der Waals surface area contributed by atoms with Crippen LogP contribution in [0.5, 0.6) is 0 Å². The highest BCUT2D eigenvalue weighted by Crippen LogP contribution is 2.24. The summed E-state index contributed by atoms with van der Waals surface area (Å²) in [6, 6.07) is 5.15. The molecule has 2 amide bonds. The average Bonchev–Trinajstić information content (AvgIpc) is 2.96. The van der Waals surface area contributed by atoms with Crippen LogP contribution in [0.15, 0.2) is 23.3 Å². The van der Waals surface area contributed by atoms with Gasteiger partial charge in [-0.15, -0.1) is 0 Å². The summed E-state index contributed by atoms with van der Waals surface area (Å²) >= 11 is 11.8. The van der Waals surface area contributed by atoms with Crippen molar-refractivity contribution in [3.63, 3.8) is 0 Å². The van der Waals surface area contributed by atoms with E-state index >= 15 is 0 Å². The summed E-state index contributed by atoms with van der Waals surface area (Å²) in [5, 5.41) is 7.12. The number of carbonyl (C=O) groups excluding carboxylic acids is 2. The molecule has 0 aromatic heterocycles. The second-order valence-electron chi connectivity index (χ2n) is 4.80. The zero-order valence-electron chi connectivity index (χ0n) is 11.2. The van der Waals surface area contributed by atoms with Gasteiger partial charge in [-0.05, 0) is 18.9 Å². The molecule has 0 atom stereocenters. The largest absolute Gasteiger partial charge is 0.345 e. The van der Waals surface area contributed by atoms with Crippen LogP contribution in [-0.2, 0) is 9.59 Å². The Morgan fingerprint density at radius 1 is 1.19 bits per heavy atom. The molecule has 1 aliphatic carbocycles. The van der Waals surface area contributed by atoms with Crippen LogP contribution in [0.25, 0.3) is 0 Å². The van der Waals surface area contributed by atoms with Gasteiger partial charge >= 0.3 is 11.8 Å². The Bertz CT molecular complexity index is 569. The third-order valence-corrected chi connectivity index (χ3v) is 4.08. The highest BCUT2D eigenvalue weighted by atomic mass is 35.5. The number of hydrazone groups is 1. The minimum Gasteiger partial charge on any atom is -0.345 e. The fourth-order valence-electron chi connectivity index (χ4n) is 2.15. The molecule has 1 fully saturated rings. The normalized spacial score (nSPS) is 15.3. The number of amides is 2. The van der Waals surface area contributed by atoms with Crippen LogP contribution in [0.4, 0.5) is 0 Å². The van der Waals surface area contributed by atoms with Gasteiger partial charge in [0.1, 0.15) is 0 Å². The van der Waals surface area contributed by atoms with E-state index in [9.17, 15) is 9.59 Å². The average molecular weight is 328 g/mol. The first kappa shape index (κ1) is 15.8. The third kappa shape index (κ3) is 4.44. The Morgan fingerprint density at radius 3 is 2.62 bits per heavy atom. The lowest BCUT2D eigenvalue weighted by molar-refractivity contribution is -0.139. The molecule has 2 N–H and O–H groups in total. The quantitative estimate of drug-likeness (QED) is 0.508. The van der Waals surface area contributed by atoms with Crippen LogP contribution in [0.1, 0.15) is 31.2 Å². The number of hydrogen-bond donors (Lipinski definition) is 2. The number of hydrogen-bond acceptors (Lipinski definition) is 3. The van der Waals surface area contributed by atoms with Crippen LogP contribution in [0, 0.1) is 0 Å². The molecule has 0 aliphatic heterocycles. The molecule has 0 bridgehead atoms. The van der Waals surface area contributed by atoms with Crippen LogP contribution in [0.3, 0.4) is 0 Å². The predicted molar refractivity (Wildman–Crippen MR) is 82.6 cm³/mol. The van der Waals surface area contributed by atoms with Crippen molar-refractivity contribution in [2.45, 2.75) is 31.7 Å². The zero-order valence-corrected chi connectivity index (χ0v) is 12.7. The summed E-state index contributed by atoms with van der Waals surface area (Å²) in [4.78, 5) is 23.2. The Labute approximate surface area is 132 Å². The predicted octanol–water partition coefficient (Wildman–Crippen LogP) is 2.50. The summed E-state index contributed by atoms with van der Waals surface area (Å²) in [6.07, 6.45) is 5.34. The second-order valence-corrected chi connectivity index (χ2v) is 5.58. The van der Waals surface area contributed by atoms with E-state index in [1.165, 1.54) is 6.21 Å². The molecule has 5 nitrogen and oxygen atoms in total. The molecule has 7 heteroatoms. The molecule has 1 aromatic carbocycles. The van der Waals surface area contributed by atoms with Gasteiger partial charge < -0.3 is 5.32 Å². The lowest BCUT2D eigenvalue weighted by Gasteiger charge is -2.10. The Morgan fingerprint density at radius 2 is 1.90 bits per heavy atom. The smallest absolute Gasteiger partial charge is 0.329 e. The van der Waals surface area contributed by atoms with Gasteiger partial charge in [0.25, 0.3) is 0 Å². The summed E-state index contributed by atoms with van der Waals surface area (Å²) in [5.41, 5.74) is 2.72. The molecule has 0 unspecified atom stereocenters. The van der Waals surface area contributed by atoms with E-state index in [1.807, 2.05) is 0 Å². The molecular weight excluding hydrogens is 313 g/mol. The lowest BCUT2D eigenvalue weighted by atomic mass is 10.2. The molecular formula is C14H15Cl2N3O2. The van der Waals surface area contributed by atoms with Crippen molar-refractivity contribution >= 4 is 41.2 Å². The van der Waals surface area contributed by atoms with Crippen molar-refractivity contribution in [2.24, 2.45) is 5.10 Å². The Hall–Kier alpha value is -1.59. The van der Waals surface area contributed by atoms with Gasteiger partial charge in [0.15, 0.2) is 0 Å². The maximum absolute atomic E-state index is 11.6. The van der Waals surface area contributed by atoms with Crippen LogP contribution in [0.2, 0.25) is 10.0 Å². The number of nitrogens with one attached hydrogen (secondary N) is 2. The van der Waals surface area contributed by atoms with Crippen molar-refractivity contribution in [3.8, 4) is 0 Å². The van der Waals surface area contributed by atoms with Gasteiger partial charge in [0, 0.05) is 11.6 Å². The van der Waals surface area contributed by atoms with E-state index in [1.54, 1.807) is 18.2 Å². The number of halogens is 2. The van der Waals surface area contributed by atoms with Crippen LogP contribution >= 0.6 is 23.2 Å². The molecule has 1 aliphatic rings. The van der Waals surface area contributed by atoms with Gasteiger partial charge in [-0.2, -0.15) is 5.10 Å². The van der Waals surface area contributed by atoms with Crippen LogP contribution in [-0.4, -0.2) is 24.1 Å². The first-order chi connectivity index (χ1) is 10.1. The Balaban J connectivity index is 1.86. The van der Waals surface area contributed by atoms with Crippen molar-refractivity contribution in [1.82, 2.24) is 10.7 Å². The maximum atomic E-state index is 11.6. The standard InChI is InChI=1S/C14H15Cl2N3O2/c15-11-7-3-4-9(12(11)16)8-17-19-14(21)13(20)18-10-5-1-2-6-10/h3-4,7-8,10H,1-2,5-6H2,(H,18,20)(H,19,21)/b17-8-.